The van der Waals surface area contributed by atoms with E-state index in [2.05, 4.69) is 109 Å². The van der Waals surface area contributed by atoms with Gasteiger partial charge in [-0.3, -0.25) is 0 Å². The van der Waals surface area contributed by atoms with Crippen LogP contribution in [0.25, 0.3) is 43.8 Å². The van der Waals surface area contributed by atoms with Crippen molar-refractivity contribution in [2.24, 2.45) is 0 Å². The van der Waals surface area contributed by atoms with Crippen molar-refractivity contribution < 1.29 is 30.3 Å². The Hall–Kier alpha value is -3.10. The summed E-state index contributed by atoms with van der Waals surface area (Å²) in [4.78, 5) is 0. The molecule has 2 N–H and O–H groups in total. The molecule has 0 amide bonds. The van der Waals surface area contributed by atoms with E-state index in [4.69, 9.17) is 0 Å². The number of halogens is 1. The summed E-state index contributed by atoms with van der Waals surface area (Å²) in [5.41, 5.74) is 5.37. The van der Waals surface area contributed by atoms with Crippen molar-refractivity contribution in [3.05, 3.63) is 138 Å². The van der Waals surface area contributed by atoms with Gasteiger partial charge in [-0.1, -0.05) is 152 Å². The van der Waals surface area contributed by atoms with Crippen LogP contribution >= 0.6 is 15.9 Å². The molecule has 6 aromatic carbocycles. The predicted molar refractivity (Wildman–Crippen MR) is 178 cm³/mol. The third-order valence-electron chi connectivity index (χ3n) is 6.68. The monoisotopic (exact) mass is 596 g/mol. The first-order valence-electron chi connectivity index (χ1n) is 13.7. The van der Waals surface area contributed by atoms with Crippen LogP contribution in [0.3, 0.4) is 0 Å². The van der Waals surface area contributed by atoms with Gasteiger partial charge in [0.1, 0.15) is 0 Å². The van der Waals surface area contributed by atoms with Crippen LogP contribution in [0.2, 0.25) is 0 Å². The van der Waals surface area contributed by atoms with Crippen LogP contribution in [0.15, 0.2) is 138 Å². The molecule has 6 aromatic rings. The first-order chi connectivity index (χ1) is 19.5. The minimum atomic E-state index is -1.42. The van der Waals surface area contributed by atoms with E-state index < -0.39 is 7.12 Å². The molecule has 2 nitrogen and oxygen atoms in total. The topological polar surface area (TPSA) is 40.5 Å². The molecular formula is C36H35BBrLiO2. The Labute approximate surface area is 266 Å². The molecule has 202 valence electrons. The van der Waals surface area contributed by atoms with Crippen LogP contribution in [0, 0.1) is 0 Å². The maximum absolute atomic E-state index is 9.17. The van der Waals surface area contributed by atoms with Crippen LogP contribution in [0.5, 0.6) is 0 Å². The molecule has 0 saturated heterocycles. The van der Waals surface area contributed by atoms with Gasteiger partial charge in [0.05, 0.1) is 0 Å². The SMILES string of the molecule is Brc1ccc2cc(-c3ccccc3)ccc2c1.CCCC.OB(O)c1ccc2cc(-c3ccccc3)ccc2c1.[H-].[Li+]. The summed E-state index contributed by atoms with van der Waals surface area (Å²) in [6.07, 6.45) is 2.64. The van der Waals surface area contributed by atoms with Gasteiger partial charge in [0.2, 0.25) is 0 Å². The number of rotatable bonds is 4. The van der Waals surface area contributed by atoms with Gasteiger partial charge in [-0.2, -0.15) is 0 Å². The van der Waals surface area contributed by atoms with Crippen molar-refractivity contribution in [1.82, 2.24) is 0 Å². The van der Waals surface area contributed by atoms with Crippen molar-refractivity contribution in [1.29, 1.82) is 0 Å². The van der Waals surface area contributed by atoms with Crippen molar-refractivity contribution in [3.8, 4) is 22.3 Å². The second-order valence-electron chi connectivity index (χ2n) is 9.63. The Bertz CT molecular complexity index is 1660. The van der Waals surface area contributed by atoms with Crippen molar-refractivity contribution in [2.45, 2.75) is 26.7 Å². The molecule has 0 heterocycles. The van der Waals surface area contributed by atoms with Gasteiger partial charge < -0.3 is 11.5 Å². The third-order valence-corrected chi connectivity index (χ3v) is 7.17. The second kappa shape index (κ2) is 16.4. The molecule has 0 unspecified atom stereocenters. The molecule has 5 heteroatoms. The summed E-state index contributed by atoms with van der Waals surface area (Å²) in [6, 6.07) is 45.2. The van der Waals surface area contributed by atoms with Crippen LogP contribution in [0.1, 0.15) is 28.1 Å². The maximum atomic E-state index is 9.17. The maximum Gasteiger partial charge on any atom is 1.00 e. The molecule has 0 aliphatic rings. The van der Waals surface area contributed by atoms with Gasteiger partial charge in [-0.05, 0) is 73.5 Å². The zero-order chi connectivity index (χ0) is 28.3. The summed E-state index contributed by atoms with van der Waals surface area (Å²) in [7, 11) is -1.42. The molecule has 0 aromatic heterocycles. The molecule has 0 aliphatic carbocycles. The van der Waals surface area contributed by atoms with E-state index in [-0.39, 0.29) is 20.3 Å². The largest absolute Gasteiger partial charge is 1.00 e. The third kappa shape index (κ3) is 9.20. The number of benzene rings is 6. The standard InChI is InChI=1S/C16H13BO2.C16H11Br.C4H10.Li.H/c18-17(19)16-9-8-14-10-13(6-7-15(14)11-16)12-4-2-1-3-5-12;17-16-9-8-14-10-13(6-7-15(14)11-16)12-4-2-1-3-5-12;1-3-4-2;;/h1-11,18-19H;1-11H;3-4H2,1-2H3;;/q;;;+1;-1. The van der Waals surface area contributed by atoms with E-state index in [1.165, 1.54) is 40.3 Å². The summed E-state index contributed by atoms with van der Waals surface area (Å²) >= 11 is 3.50. The minimum Gasteiger partial charge on any atom is -1.00 e. The molecule has 0 bridgehead atoms. The Kier molecular flexibility index (Phi) is 12.9. The quantitative estimate of drug-likeness (QED) is 0.232. The van der Waals surface area contributed by atoms with E-state index in [1.54, 1.807) is 12.1 Å². The van der Waals surface area contributed by atoms with Crippen molar-refractivity contribution >= 4 is 50.1 Å². The molecule has 0 saturated carbocycles. The Balaban J connectivity index is 0.000000251. The van der Waals surface area contributed by atoms with Crippen molar-refractivity contribution in [2.75, 3.05) is 0 Å². The van der Waals surface area contributed by atoms with Gasteiger partial charge in [-0.15, -0.1) is 0 Å². The Morgan fingerprint density at radius 2 is 0.927 bits per heavy atom. The van der Waals surface area contributed by atoms with E-state index in [1.807, 2.05) is 42.5 Å². The average Bonchev–Trinajstić information content (AvgIpc) is 3.01. The van der Waals surface area contributed by atoms with E-state index >= 15 is 0 Å². The van der Waals surface area contributed by atoms with Gasteiger partial charge in [0.25, 0.3) is 0 Å². The summed E-state index contributed by atoms with van der Waals surface area (Å²) in [5, 5.41) is 23.0. The molecule has 0 spiro atoms. The van der Waals surface area contributed by atoms with Gasteiger partial charge >= 0.3 is 26.0 Å². The van der Waals surface area contributed by atoms with Gasteiger partial charge in [-0.25, -0.2) is 0 Å². The summed E-state index contributed by atoms with van der Waals surface area (Å²) < 4.78 is 1.12. The zero-order valence-corrected chi connectivity index (χ0v) is 25.6. The molecule has 0 fully saturated rings. The zero-order valence-electron chi connectivity index (χ0n) is 25.0. The molecular weight excluding hydrogens is 562 g/mol. The van der Waals surface area contributed by atoms with Crippen LogP contribution in [-0.2, 0) is 0 Å². The molecule has 0 radical (unpaired) electrons. The smallest absolute Gasteiger partial charge is 1.00 e. The Morgan fingerprint density at radius 3 is 1.39 bits per heavy atom. The number of hydrogen-bond acceptors (Lipinski definition) is 2. The molecule has 41 heavy (non-hydrogen) atoms. The van der Waals surface area contributed by atoms with E-state index in [9.17, 15) is 10.0 Å². The fourth-order valence-electron chi connectivity index (χ4n) is 4.26. The van der Waals surface area contributed by atoms with Crippen LogP contribution in [-0.4, -0.2) is 17.2 Å². The van der Waals surface area contributed by atoms with Crippen LogP contribution < -0.4 is 24.3 Å². The summed E-state index contributed by atoms with van der Waals surface area (Å²) in [5.74, 6) is 0. The fourth-order valence-corrected chi connectivity index (χ4v) is 4.64. The predicted octanol–water partition coefficient (Wildman–Crippen LogP) is 6.38. The average molecular weight is 597 g/mol. The summed E-state index contributed by atoms with van der Waals surface area (Å²) in [6.45, 7) is 4.36. The molecule has 0 aliphatic heterocycles. The minimum absolute atomic E-state index is 0. The Morgan fingerprint density at radius 1 is 0.512 bits per heavy atom. The van der Waals surface area contributed by atoms with E-state index in [0.29, 0.717) is 5.46 Å². The number of unbranched alkanes of at least 4 members (excludes halogenated alkanes) is 1. The molecule has 6 rings (SSSR count). The normalized spacial score (nSPS) is 10.1. The van der Waals surface area contributed by atoms with Crippen molar-refractivity contribution in [3.63, 3.8) is 0 Å². The van der Waals surface area contributed by atoms with Gasteiger partial charge in [0, 0.05) is 4.47 Å². The first-order valence-corrected chi connectivity index (χ1v) is 14.5. The first kappa shape index (κ1) is 32.4. The van der Waals surface area contributed by atoms with Crippen LogP contribution in [0.4, 0.5) is 0 Å². The fraction of sp³-hybridized carbons (Fsp3) is 0.111. The second-order valence-corrected chi connectivity index (χ2v) is 10.5. The van der Waals surface area contributed by atoms with E-state index in [0.717, 1.165) is 20.8 Å². The molecule has 0 atom stereocenters. The van der Waals surface area contributed by atoms with Gasteiger partial charge in [0.15, 0.2) is 0 Å². The number of hydrogen-bond donors (Lipinski definition) is 2. The number of fused-ring (bicyclic) bond motifs is 2.